The van der Waals surface area contributed by atoms with E-state index in [9.17, 15) is 0 Å². The van der Waals surface area contributed by atoms with E-state index in [1.54, 1.807) is 18.3 Å². The minimum atomic E-state index is 0.471. The number of aromatic nitrogens is 1. The lowest BCUT2D eigenvalue weighted by molar-refractivity contribution is 0.305. The van der Waals surface area contributed by atoms with E-state index in [4.69, 9.17) is 10.00 Å². The number of benzene rings is 1. The molecule has 4 nitrogen and oxygen atoms in total. The first-order chi connectivity index (χ1) is 9.31. The van der Waals surface area contributed by atoms with Gasteiger partial charge in [-0.3, -0.25) is 4.98 Å². The van der Waals surface area contributed by atoms with Gasteiger partial charge in [0.2, 0.25) is 0 Å². The molecule has 2 aromatic rings. The van der Waals surface area contributed by atoms with Crippen molar-refractivity contribution in [1.29, 1.82) is 5.26 Å². The Labute approximate surface area is 112 Å². The molecule has 1 heterocycles. The first kappa shape index (κ1) is 13.1. The molecule has 0 aliphatic rings. The van der Waals surface area contributed by atoms with Crippen LogP contribution in [0.1, 0.15) is 16.8 Å². The molecule has 2 rings (SSSR count). The minimum Gasteiger partial charge on any atom is -0.487 e. The molecule has 0 amide bonds. The van der Waals surface area contributed by atoms with Gasteiger partial charge in [0.25, 0.3) is 0 Å². The van der Waals surface area contributed by atoms with Crippen molar-refractivity contribution in [2.75, 3.05) is 7.05 Å². The highest BCUT2D eigenvalue weighted by atomic mass is 16.5. The van der Waals surface area contributed by atoms with Gasteiger partial charge in [0.15, 0.2) is 0 Å². The highest BCUT2D eigenvalue weighted by Gasteiger charge is 1.98. The molecule has 0 bridgehead atoms. The van der Waals surface area contributed by atoms with E-state index < -0.39 is 0 Å². The summed E-state index contributed by atoms with van der Waals surface area (Å²) in [6.45, 7) is 1.22. The summed E-state index contributed by atoms with van der Waals surface area (Å²) in [4.78, 5) is 4.28. The SMILES string of the molecule is CNCc1ccc(OCc2ccc(C#N)cc2)cn1. The largest absolute Gasteiger partial charge is 0.487 e. The topological polar surface area (TPSA) is 57.9 Å². The van der Waals surface area contributed by atoms with Gasteiger partial charge in [-0.15, -0.1) is 0 Å². The summed E-state index contributed by atoms with van der Waals surface area (Å²) in [6, 6.07) is 13.3. The molecule has 0 unspecified atom stereocenters. The van der Waals surface area contributed by atoms with Crippen molar-refractivity contribution < 1.29 is 4.74 Å². The number of nitriles is 1. The Kier molecular flexibility index (Phi) is 4.49. The summed E-state index contributed by atoms with van der Waals surface area (Å²) >= 11 is 0. The summed E-state index contributed by atoms with van der Waals surface area (Å²) in [6.07, 6.45) is 1.72. The smallest absolute Gasteiger partial charge is 0.138 e. The first-order valence-electron chi connectivity index (χ1n) is 6.03. The normalized spacial score (nSPS) is 9.89. The van der Waals surface area contributed by atoms with Gasteiger partial charge in [-0.1, -0.05) is 12.1 Å². The third kappa shape index (κ3) is 3.80. The quantitative estimate of drug-likeness (QED) is 0.888. The third-order valence-corrected chi connectivity index (χ3v) is 2.64. The number of ether oxygens (including phenoxy) is 1. The van der Waals surface area contributed by atoms with E-state index in [1.165, 1.54) is 0 Å². The zero-order valence-electron chi connectivity index (χ0n) is 10.8. The van der Waals surface area contributed by atoms with Crippen molar-refractivity contribution >= 4 is 0 Å². The molecule has 0 spiro atoms. The molecule has 0 fully saturated rings. The molecule has 19 heavy (non-hydrogen) atoms. The fourth-order valence-corrected chi connectivity index (χ4v) is 1.62. The monoisotopic (exact) mass is 253 g/mol. The second-order valence-corrected chi connectivity index (χ2v) is 4.11. The summed E-state index contributed by atoms with van der Waals surface area (Å²) < 4.78 is 5.63. The minimum absolute atomic E-state index is 0.471. The lowest BCUT2D eigenvalue weighted by atomic mass is 10.2. The van der Waals surface area contributed by atoms with Crippen molar-refractivity contribution in [3.63, 3.8) is 0 Å². The molecule has 4 heteroatoms. The van der Waals surface area contributed by atoms with Crippen LogP contribution in [-0.2, 0) is 13.2 Å². The number of hydrogen-bond acceptors (Lipinski definition) is 4. The Morgan fingerprint density at radius 2 is 2.00 bits per heavy atom. The van der Waals surface area contributed by atoms with Crippen LogP contribution < -0.4 is 10.1 Å². The van der Waals surface area contributed by atoms with Gasteiger partial charge in [-0.2, -0.15) is 5.26 Å². The van der Waals surface area contributed by atoms with E-state index in [2.05, 4.69) is 16.4 Å². The second kappa shape index (κ2) is 6.53. The Bertz CT molecular complexity index is 555. The second-order valence-electron chi connectivity index (χ2n) is 4.11. The summed E-state index contributed by atoms with van der Waals surface area (Å²) in [5, 5.41) is 11.8. The predicted octanol–water partition coefficient (Wildman–Crippen LogP) is 2.25. The summed E-state index contributed by atoms with van der Waals surface area (Å²) in [5.74, 6) is 0.740. The van der Waals surface area contributed by atoms with Crippen LogP contribution in [0, 0.1) is 11.3 Å². The molecule has 1 N–H and O–H groups in total. The molecule has 0 saturated carbocycles. The number of pyridine rings is 1. The van der Waals surface area contributed by atoms with Gasteiger partial charge in [-0.05, 0) is 36.9 Å². The van der Waals surface area contributed by atoms with Crippen LogP contribution in [0.25, 0.3) is 0 Å². The fraction of sp³-hybridized carbons (Fsp3) is 0.200. The molecule has 1 aromatic heterocycles. The Morgan fingerprint density at radius 3 is 2.58 bits per heavy atom. The zero-order chi connectivity index (χ0) is 13.5. The molecule has 1 aromatic carbocycles. The van der Waals surface area contributed by atoms with Gasteiger partial charge in [-0.25, -0.2) is 0 Å². The maximum absolute atomic E-state index is 8.71. The highest BCUT2D eigenvalue weighted by Crippen LogP contribution is 2.12. The average molecular weight is 253 g/mol. The van der Waals surface area contributed by atoms with Crippen LogP contribution in [-0.4, -0.2) is 12.0 Å². The van der Waals surface area contributed by atoms with E-state index in [1.807, 2.05) is 31.3 Å². The van der Waals surface area contributed by atoms with Crippen LogP contribution in [0.15, 0.2) is 42.6 Å². The standard InChI is InChI=1S/C15H15N3O/c1-17-9-14-6-7-15(10-18-14)19-11-13-4-2-12(8-16)3-5-13/h2-7,10,17H,9,11H2,1H3. The molecule has 0 aliphatic heterocycles. The summed E-state index contributed by atoms with van der Waals surface area (Å²) in [7, 11) is 1.89. The number of rotatable bonds is 5. The van der Waals surface area contributed by atoms with Crippen LogP contribution in [0.2, 0.25) is 0 Å². The van der Waals surface area contributed by atoms with E-state index in [0.29, 0.717) is 12.2 Å². The number of nitrogens with zero attached hydrogens (tertiary/aromatic N) is 2. The van der Waals surface area contributed by atoms with Crippen molar-refractivity contribution in [3.8, 4) is 11.8 Å². The van der Waals surface area contributed by atoms with Crippen molar-refractivity contribution in [3.05, 3.63) is 59.4 Å². The van der Waals surface area contributed by atoms with Crippen molar-refractivity contribution in [2.24, 2.45) is 0 Å². The van der Waals surface area contributed by atoms with Crippen molar-refractivity contribution in [2.45, 2.75) is 13.2 Å². The average Bonchev–Trinajstić information content (AvgIpc) is 2.47. The predicted molar refractivity (Wildman–Crippen MR) is 72.5 cm³/mol. The Balaban J connectivity index is 1.92. The maximum Gasteiger partial charge on any atom is 0.138 e. The van der Waals surface area contributed by atoms with Crippen LogP contribution >= 0.6 is 0 Å². The van der Waals surface area contributed by atoms with Gasteiger partial charge >= 0.3 is 0 Å². The molecule has 0 saturated heterocycles. The molecule has 0 aliphatic carbocycles. The summed E-state index contributed by atoms with van der Waals surface area (Å²) in [5.41, 5.74) is 2.66. The Hall–Kier alpha value is -2.38. The molecule has 0 atom stereocenters. The lowest BCUT2D eigenvalue weighted by Gasteiger charge is -2.06. The molecule has 0 radical (unpaired) electrons. The van der Waals surface area contributed by atoms with Gasteiger partial charge in [0, 0.05) is 6.54 Å². The molecular weight excluding hydrogens is 238 g/mol. The van der Waals surface area contributed by atoms with Crippen LogP contribution in [0.5, 0.6) is 5.75 Å². The zero-order valence-corrected chi connectivity index (χ0v) is 10.8. The fourth-order valence-electron chi connectivity index (χ4n) is 1.62. The number of nitrogens with one attached hydrogen (secondary N) is 1. The number of hydrogen-bond donors (Lipinski definition) is 1. The van der Waals surface area contributed by atoms with E-state index >= 15 is 0 Å². The maximum atomic E-state index is 8.71. The molecule has 96 valence electrons. The Morgan fingerprint density at radius 1 is 1.21 bits per heavy atom. The third-order valence-electron chi connectivity index (χ3n) is 2.64. The molecular formula is C15H15N3O. The van der Waals surface area contributed by atoms with Crippen LogP contribution in [0.3, 0.4) is 0 Å². The van der Waals surface area contributed by atoms with E-state index in [-0.39, 0.29) is 0 Å². The van der Waals surface area contributed by atoms with Gasteiger partial charge in [0.05, 0.1) is 23.5 Å². The van der Waals surface area contributed by atoms with Crippen LogP contribution in [0.4, 0.5) is 0 Å². The lowest BCUT2D eigenvalue weighted by Crippen LogP contribution is -2.06. The highest BCUT2D eigenvalue weighted by molar-refractivity contribution is 5.31. The van der Waals surface area contributed by atoms with Gasteiger partial charge < -0.3 is 10.1 Å². The first-order valence-corrected chi connectivity index (χ1v) is 6.03. The van der Waals surface area contributed by atoms with Crippen molar-refractivity contribution in [1.82, 2.24) is 10.3 Å². The van der Waals surface area contributed by atoms with Gasteiger partial charge in [0.1, 0.15) is 12.4 Å². The van der Waals surface area contributed by atoms with E-state index in [0.717, 1.165) is 23.6 Å².